The van der Waals surface area contributed by atoms with Crippen LogP contribution in [0.4, 0.5) is 15.8 Å². The van der Waals surface area contributed by atoms with Gasteiger partial charge in [0, 0.05) is 12.1 Å². The molecule has 9 nitrogen and oxygen atoms in total. The Labute approximate surface area is 138 Å². The fraction of sp³-hybridized carbons (Fsp3) is 0.231. The maximum absolute atomic E-state index is 13.6. The lowest BCUT2D eigenvalue weighted by Gasteiger charge is -2.07. The zero-order valence-corrected chi connectivity index (χ0v) is 13.1. The number of nitro groups is 1. The van der Waals surface area contributed by atoms with Crippen LogP contribution in [0.1, 0.15) is 22.3 Å². The number of non-ortho nitro benzene ring substituents is 1. The smallest absolute Gasteiger partial charge is 0.352 e. The van der Waals surface area contributed by atoms with Gasteiger partial charge in [0.1, 0.15) is 5.82 Å². The predicted octanol–water partition coefficient (Wildman–Crippen LogP) is 1.94. The summed E-state index contributed by atoms with van der Waals surface area (Å²) in [6, 6.07) is 2.70. The summed E-state index contributed by atoms with van der Waals surface area (Å²) in [5.41, 5.74) is -0.305. The maximum atomic E-state index is 13.6. The Balaban J connectivity index is 1.98. The molecule has 2 rings (SSSR count). The molecule has 1 heterocycles. The van der Waals surface area contributed by atoms with Crippen LogP contribution in [0, 0.1) is 15.9 Å². The Morgan fingerprint density at radius 3 is 2.88 bits per heavy atom. The Bertz CT molecular complexity index is 794. The average Bonchev–Trinajstić information content (AvgIpc) is 3.03. The third-order valence-corrected chi connectivity index (χ3v) is 3.59. The van der Waals surface area contributed by atoms with E-state index in [0.717, 1.165) is 29.7 Å². The van der Waals surface area contributed by atoms with E-state index in [2.05, 4.69) is 14.9 Å². The van der Waals surface area contributed by atoms with Crippen molar-refractivity contribution in [1.82, 2.24) is 9.59 Å². The number of ether oxygens (including phenoxy) is 1. The summed E-state index contributed by atoms with van der Waals surface area (Å²) in [6.07, 6.45) is 0.478. The van der Waals surface area contributed by atoms with Crippen LogP contribution < -0.4 is 5.32 Å². The van der Waals surface area contributed by atoms with Gasteiger partial charge in [0.05, 0.1) is 16.3 Å². The highest BCUT2D eigenvalue weighted by Gasteiger charge is 2.19. The van der Waals surface area contributed by atoms with Crippen LogP contribution in [0.3, 0.4) is 0 Å². The Morgan fingerprint density at radius 2 is 2.21 bits per heavy atom. The topological polar surface area (TPSA) is 124 Å². The monoisotopic (exact) mass is 354 g/mol. The van der Waals surface area contributed by atoms with Crippen molar-refractivity contribution >= 4 is 34.8 Å². The van der Waals surface area contributed by atoms with E-state index in [9.17, 15) is 24.1 Å². The fourth-order valence-corrected chi connectivity index (χ4v) is 2.35. The Morgan fingerprint density at radius 1 is 1.46 bits per heavy atom. The van der Waals surface area contributed by atoms with Gasteiger partial charge < -0.3 is 10.1 Å². The maximum Gasteiger partial charge on any atom is 0.352 e. The number of nitrogens with one attached hydrogen (secondary N) is 1. The Kier molecular flexibility index (Phi) is 5.47. The highest BCUT2D eigenvalue weighted by molar-refractivity contribution is 7.07. The van der Waals surface area contributed by atoms with E-state index in [0.29, 0.717) is 12.1 Å². The van der Waals surface area contributed by atoms with Crippen LogP contribution in [0.5, 0.6) is 0 Å². The van der Waals surface area contributed by atoms with Gasteiger partial charge in [-0.25, -0.2) is 9.18 Å². The zero-order valence-electron chi connectivity index (χ0n) is 12.3. The van der Waals surface area contributed by atoms with Gasteiger partial charge in [-0.15, -0.1) is 5.10 Å². The molecule has 0 radical (unpaired) electrons. The summed E-state index contributed by atoms with van der Waals surface area (Å²) in [4.78, 5) is 33.6. The first-order valence-electron chi connectivity index (χ1n) is 6.64. The number of carbonyl (C=O) groups excluding carboxylic acids is 2. The third kappa shape index (κ3) is 4.07. The minimum atomic E-state index is -0.847. The number of halogens is 1. The molecule has 1 N–H and O–H groups in total. The van der Waals surface area contributed by atoms with Crippen LogP contribution >= 0.6 is 11.5 Å². The van der Waals surface area contributed by atoms with Gasteiger partial charge in [0.15, 0.2) is 11.5 Å². The summed E-state index contributed by atoms with van der Waals surface area (Å²) in [6.45, 7) is 1.10. The average molecular weight is 354 g/mol. The predicted molar refractivity (Wildman–Crippen MR) is 81.3 cm³/mol. The molecule has 2 aromatic rings. The molecule has 0 aliphatic rings. The van der Waals surface area contributed by atoms with E-state index in [-0.39, 0.29) is 16.3 Å². The van der Waals surface area contributed by atoms with Crippen molar-refractivity contribution in [2.45, 2.75) is 13.3 Å². The number of nitro benzene ring substituents is 1. The molecule has 1 aromatic carbocycles. The van der Waals surface area contributed by atoms with Crippen molar-refractivity contribution in [2.75, 3.05) is 11.9 Å². The summed E-state index contributed by atoms with van der Waals surface area (Å²) >= 11 is 0.843. The number of aryl methyl sites for hydroxylation is 1. The summed E-state index contributed by atoms with van der Waals surface area (Å²) in [7, 11) is 0. The van der Waals surface area contributed by atoms with Crippen molar-refractivity contribution in [3.63, 3.8) is 0 Å². The highest BCUT2D eigenvalue weighted by atomic mass is 32.1. The van der Waals surface area contributed by atoms with Gasteiger partial charge in [-0.2, -0.15) is 0 Å². The first-order chi connectivity index (χ1) is 11.4. The van der Waals surface area contributed by atoms with Crippen LogP contribution in [0.15, 0.2) is 18.2 Å². The molecule has 0 aliphatic carbocycles. The fourth-order valence-electron chi connectivity index (χ4n) is 1.70. The second-order valence-corrected chi connectivity index (χ2v) is 5.20. The second-order valence-electron chi connectivity index (χ2n) is 4.45. The number of nitrogens with zero attached hydrogens (tertiary/aromatic N) is 3. The number of rotatable bonds is 6. The number of hydrogen-bond donors (Lipinski definition) is 1. The number of benzene rings is 1. The minimum absolute atomic E-state index is 0.187. The lowest BCUT2D eigenvalue weighted by Crippen LogP contribution is -2.21. The van der Waals surface area contributed by atoms with Crippen molar-refractivity contribution in [2.24, 2.45) is 0 Å². The lowest BCUT2D eigenvalue weighted by atomic mass is 10.2. The molecule has 126 valence electrons. The molecule has 0 spiro atoms. The molecule has 24 heavy (non-hydrogen) atoms. The molecule has 0 saturated carbocycles. The van der Waals surface area contributed by atoms with Gasteiger partial charge in [-0.1, -0.05) is 11.4 Å². The molecule has 0 atom stereocenters. The molecule has 1 aromatic heterocycles. The van der Waals surface area contributed by atoms with Crippen molar-refractivity contribution in [1.29, 1.82) is 0 Å². The summed E-state index contributed by atoms with van der Waals surface area (Å²) in [5, 5.41) is 16.5. The van der Waals surface area contributed by atoms with Gasteiger partial charge in [-0.3, -0.25) is 14.9 Å². The van der Waals surface area contributed by atoms with Crippen LogP contribution in [-0.2, 0) is 16.0 Å². The normalized spacial score (nSPS) is 10.2. The molecular formula is C13H11FN4O5S. The molecule has 0 unspecified atom stereocenters. The molecule has 0 bridgehead atoms. The van der Waals surface area contributed by atoms with Crippen LogP contribution in [0.25, 0.3) is 0 Å². The first kappa shape index (κ1) is 17.4. The molecule has 0 fully saturated rings. The molecular weight excluding hydrogens is 343 g/mol. The number of esters is 1. The number of aromatic nitrogens is 2. The number of amides is 1. The number of hydrogen-bond acceptors (Lipinski definition) is 8. The quantitative estimate of drug-likeness (QED) is 0.477. The number of anilines is 1. The molecule has 0 saturated heterocycles. The van der Waals surface area contributed by atoms with Crippen molar-refractivity contribution in [3.8, 4) is 0 Å². The largest absolute Gasteiger partial charge is 0.451 e. The molecule has 0 aliphatic heterocycles. The zero-order chi connectivity index (χ0) is 17.7. The first-order valence-corrected chi connectivity index (χ1v) is 7.41. The molecule has 1 amide bonds. The van der Waals surface area contributed by atoms with E-state index >= 15 is 0 Å². The van der Waals surface area contributed by atoms with E-state index in [1.54, 1.807) is 6.92 Å². The van der Waals surface area contributed by atoms with E-state index in [1.807, 2.05) is 0 Å². The van der Waals surface area contributed by atoms with E-state index in [1.165, 1.54) is 0 Å². The lowest BCUT2D eigenvalue weighted by molar-refractivity contribution is -0.384. The minimum Gasteiger partial charge on any atom is -0.451 e. The highest BCUT2D eigenvalue weighted by Crippen LogP contribution is 2.21. The van der Waals surface area contributed by atoms with Gasteiger partial charge in [0.2, 0.25) is 0 Å². The standard InChI is InChI=1S/C13H11FN4O5S/c1-2-9-12(24-17-16-9)13(20)23-6-11(19)15-10-5-7(18(21)22)3-4-8(10)14/h3-5H,2,6H2,1H3,(H,15,19). The Hall–Kier alpha value is -2.95. The van der Waals surface area contributed by atoms with Gasteiger partial charge in [0.25, 0.3) is 11.6 Å². The number of carbonyl (C=O) groups is 2. The van der Waals surface area contributed by atoms with E-state index < -0.39 is 29.2 Å². The molecule has 11 heteroatoms. The van der Waals surface area contributed by atoms with E-state index in [4.69, 9.17) is 4.74 Å². The van der Waals surface area contributed by atoms with Gasteiger partial charge in [-0.05, 0) is 24.0 Å². The summed E-state index contributed by atoms with van der Waals surface area (Å²) < 4.78 is 22.0. The van der Waals surface area contributed by atoms with Gasteiger partial charge >= 0.3 is 5.97 Å². The third-order valence-electron chi connectivity index (χ3n) is 2.85. The van der Waals surface area contributed by atoms with Crippen LogP contribution in [-0.4, -0.2) is 33.0 Å². The summed E-state index contributed by atoms with van der Waals surface area (Å²) in [5.74, 6) is -2.45. The van der Waals surface area contributed by atoms with Crippen molar-refractivity contribution < 1.29 is 23.6 Å². The second kappa shape index (κ2) is 7.55. The van der Waals surface area contributed by atoms with Crippen LogP contribution in [0.2, 0.25) is 0 Å². The van der Waals surface area contributed by atoms with Crippen molar-refractivity contribution in [3.05, 3.63) is 44.7 Å². The SMILES string of the molecule is CCc1nnsc1C(=O)OCC(=O)Nc1cc([N+](=O)[O-])ccc1F.